The topological polar surface area (TPSA) is 80.6 Å². The quantitative estimate of drug-likeness (QED) is 0.690. The maximum absolute atomic E-state index is 13.0. The summed E-state index contributed by atoms with van der Waals surface area (Å²) < 4.78 is 6.51. The van der Waals surface area contributed by atoms with Gasteiger partial charge >= 0.3 is 5.97 Å². The molecule has 2 amide bonds. The number of aromatic nitrogens is 1. The van der Waals surface area contributed by atoms with Crippen LogP contribution in [0.1, 0.15) is 48.7 Å². The Labute approximate surface area is 183 Å². The number of hydrogen-bond donors (Lipinski definition) is 1. The lowest BCUT2D eigenvalue weighted by Crippen LogP contribution is -2.40. The fraction of sp³-hybridized carbons (Fsp3) is 0.458. The largest absolute Gasteiger partial charge is 0.469 e. The van der Waals surface area contributed by atoms with Crippen molar-refractivity contribution in [1.82, 2.24) is 9.88 Å². The van der Waals surface area contributed by atoms with Crippen LogP contribution in [0.25, 0.3) is 0 Å². The number of methoxy groups -OCH3 is 1. The molecule has 0 spiro atoms. The van der Waals surface area contributed by atoms with E-state index in [1.165, 1.54) is 7.11 Å². The molecule has 166 valence electrons. The third kappa shape index (κ3) is 5.54. The molecule has 0 aliphatic heterocycles. The summed E-state index contributed by atoms with van der Waals surface area (Å²) in [5.41, 5.74) is 2.41. The van der Waals surface area contributed by atoms with Gasteiger partial charge in [-0.2, -0.15) is 0 Å². The van der Waals surface area contributed by atoms with Crippen LogP contribution in [0.3, 0.4) is 0 Å². The minimum Gasteiger partial charge on any atom is -0.469 e. The highest BCUT2D eigenvalue weighted by Crippen LogP contribution is 2.25. The van der Waals surface area contributed by atoms with Crippen molar-refractivity contribution in [3.63, 3.8) is 0 Å². The van der Waals surface area contributed by atoms with Crippen molar-refractivity contribution in [3.8, 4) is 0 Å². The fourth-order valence-corrected chi connectivity index (χ4v) is 4.19. The lowest BCUT2D eigenvalue weighted by Gasteiger charge is -2.27. The van der Waals surface area contributed by atoms with E-state index in [0.29, 0.717) is 25.1 Å². The van der Waals surface area contributed by atoms with Crippen LogP contribution in [-0.4, -0.2) is 42.0 Å². The molecule has 2 aromatic rings. The summed E-state index contributed by atoms with van der Waals surface area (Å²) in [7, 11) is 1.41. The van der Waals surface area contributed by atoms with Crippen LogP contribution in [0, 0.1) is 12.8 Å². The van der Waals surface area contributed by atoms with E-state index in [9.17, 15) is 14.4 Å². The lowest BCUT2D eigenvalue weighted by molar-refractivity contribution is -0.146. The van der Waals surface area contributed by atoms with Crippen LogP contribution in [0.15, 0.2) is 42.6 Å². The van der Waals surface area contributed by atoms with Gasteiger partial charge in [0, 0.05) is 24.5 Å². The third-order valence-corrected chi connectivity index (χ3v) is 5.90. The van der Waals surface area contributed by atoms with Gasteiger partial charge in [0.25, 0.3) is 5.91 Å². The maximum Gasteiger partial charge on any atom is 0.308 e. The third-order valence-electron chi connectivity index (χ3n) is 5.90. The van der Waals surface area contributed by atoms with Gasteiger partial charge in [-0.25, -0.2) is 0 Å². The predicted molar refractivity (Wildman–Crippen MR) is 119 cm³/mol. The number of amides is 2. The molecule has 1 fully saturated rings. The molecule has 1 aliphatic rings. The maximum atomic E-state index is 13.0. The molecule has 7 nitrogen and oxygen atoms in total. The molecular formula is C24H31N3O4. The smallest absolute Gasteiger partial charge is 0.308 e. The van der Waals surface area contributed by atoms with Gasteiger partial charge in [0.15, 0.2) is 0 Å². The van der Waals surface area contributed by atoms with Crippen LogP contribution in [-0.2, 0) is 20.9 Å². The van der Waals surface area contributed by atoms with Crippen molar-refractivity contribution in [3.05, 3.63) is 53.9 Å². The molecule has 3 rings (SSSR count). The Morgan fingerprint density at radius 2 is 1.87 bits per heavy atom. The Hall–Kier alpha value is -3.09. The molecule has 1 aliphatic carbocycles. The number of rotatable bonds is 7. The van der Waals surface area contributed by atoms with Crippen LogP contribution in [0.5, 0.6) is 0 Å². The van der Waals surface area contributed by atoms with Crippen molar-refractivity contribution in [2.75, 3.05) is 18.6 Å². The molecule has 1 saturated carbocycles. The van der Waals surface area contributed by atoms with Crippen molar-refractivity contribution in [1.29, 1.82) is 0 Å². The predicted octanol–water partition coefficient (Wildman–Crippen LogP) is 3.31. The highest BCUT2D eigenvalue weighted by atomic mass is 16.5. The first-order valence-electron chi connectivity index (χ1n) is 10.8. The molecule has 1 aromatic carbocycles. The van der Waals surface area contributed by atoms with Crippen LogP contribution in [0.4, 0.5) is 5.69 Å². The second-order valence-corrected chi connectivity index (χ2v) is 8.04. The average molecular weight is 426 g/mol. The van der Waals surface area contributed by atoms with Crippen LogP contribution in [0.2, 0.25) is 0 Å². The first kappa shape index (κ1) is 22.6. The molecular weight excluding hydrogens is 394 g/mol. The molecule has 31 heavy (non-hydrogen) atoms. The van der Waals surface area contributed by atoms with Gasteiger partial charge in [0.2, 0.25) is 5.91 Å². The molecule has 0 unspecified atom stereocenters. The second-order valence-electron chi connectivity index (χ2n) is 8.04. The van der Waals surface area contributed by atoms with Gasteiger partial charge < -0.3 is 19.5 Å². The number of anilines is 1. The first-order chi connectivity index (χ1) is 14.9. The first-order valence-corrected chi connectivity index (χ1v) is 10.8. The number of nitrogens with one attached hydrogen (secondary N) is 1. The van der Waals surface area contributed by atoms with Gasteiger partial charge in [0.1, 0.15) is 12.2 Å². The zero-order valence-electron chi connectivity index (χ0n) is 18.5. The highest BCUT2D eigenvalue weighted by molar-refractivity contribution is 5.96. The van der Waals surface area contributed by atoms with E-state index in [0.717, 1.165) is 24.1 Å². The molecule has 7 heteroatoms. The SMILES string of the molecule is CCN(C(=O)Cn1cccc1C(=O)N[C@H]1CC[C@H](C(=O)OC)CC1)c1cccc(C)c1. The summed E-state index contributed by atoms with van der Waals surface area (Å²) in [5, 5.41) is 3.06. The zero-order chi connectivity index (χ0) is 22.4. The van der Waals surface area contributed by atoms with E-state index in [1.54, 1.807) is 27.8 Å². The number of esters is 1. The average Bonchev–Trinajstić information content (AvgIpc) is 3.22. The van der Waals surface area contributed by atoms with E-state index in [4.69, 9.17) is 4.74 Å². The summed E-state index contributed by atoms with van der Waals surface area (Å²) >= 11 is 0. The van der Waals surface area contributed by atoms with Gasteiger partial charge in [0.05, 0.1) is 13.0 Å². The number of carbonyl (C=O) groups excluding carboxylic acids is 3. The molecule has 1 heterocycles. The Kier molecular flexibility index (Phi) is 7.50. The Bertz CT molecular complexity index is 928. The number of benzene rings is 1. The van der Waals surface area contributed by atoms with Crippen molar-refractivity contribution in [2.45, 2.75) is 52.1 Å². The Morgan fingerprint density at radius 3 is 2.52 bits per heavy atom. The number of carbonyl (C=O) groups is 3. The molecule has 0 atom stereocenters. The number of nitrogens with zero attached hydrogens (tertiary/aromatic N) is 2. The van der Waals surface area contributed by atoms with Crippen molar-refractivity contribution in [2.24, 2.45) is 5.92 Å². The zero-order valence-corrected chi connectivity index (χ0v) is 18.5. The minimum absolute atomic E-state index is 0.0203. The fourth-order valence-electron chi connectivity index (χ4n) is 4.19. The molecule has 0 saturated heterocycles. The normalized spacial score (nSPS) is 18.3. The van der Waals surface area contributed by atoms with Crippen molar-refractivity contribution >= 4 is 23.5 Å². The molecule has 0 bridgehead atoms. The number of aryl methyl sites for hydroxylation is 1. The Morgan fingerprint density at radius 1 is 1.13 bits per heavy atom. The Balaban J connectivity index is 1.62. The summed E-state index contributed by atoms with van der Waals surface area (Å²) in [6.45, 7) is 4.57. The van der Waals surface area contributed by atoms with E-state index < -0.39 is 0 Å². The second kappa shape index (κ2) is 10.3. The van der Waals surface area contributed by atoms with E-state index >= 15 is 0 Å². The minimum atomic E-state index is -0.196. The van der Waals surface area contributed by atoms with Gasteiger partial charge in [-0.15, -0.1) is 0 Å². The standard InChI is InChI=1S/C24H31N3O4/c1-4-27(20-8-5-7-17(2)15-20)22(28)16-26-14-6-9-21(26)23(29)25-19-12-10-18(11-13-19)24(30)31-3/h5-9,14-15,18-19H,4,10-13,16H2,1-3H3,(H,25,29)/t18-,19-. The number of hydrogen-bond acceptors (Lipinski definition) is 4. The lowest BCUT2D eigenvalue weighted by atomic mass is 9.86. The van der Waals surface area contributed by atoms with E-state index in [2.05, 4.69) is 5.32 Å². The highest BCUT2D eigenvalue weighted by Gasteiger charge is 2.28. The van der Waals surface area contributed by atoms with Gasteiger partial charge in [-0.05, 0) is 69.4 Å². The van der Waals surface area contributed by atoms with Gasteiger partial charge in [-0.1, -0.05) is 12.1 Å². The molecule has 0 radical (unpaired) electrons. The monoisotopic (exact) mass is 425 g/mol. The van der Waals surface area contributed by atoms with Gasteiger partial charge in [-0.3, -0.25) is 14.4 Å². The van der Waals surface area contributed by atoms with Crippen LogP contribution < -0.4 is 10.2 Å². The summed E-state index contributed by atoms with van der Waals surface area (Å²) in [6.07, 6.45) is 4.65. The summed E-state index contributed by atoms with van der Waals surface area (Å²) in [5.74, 6) is -0.526. The summed E-state index contributed by atoms with van der Waals surface area (Å²) in [4.78, 5) is 39.2. The van der Waals surface area contributed by atoms with E-state index in [1.807, 2.05) is 38.1 Å². The number of ether oxygens (including phenoxy) is 1. The molecule has 1 aromatic heterocycles. The summed E-state index contributed by atoms with van der Waals surface area (Å²) in [6, 6.07) is 11.4. The molecule has 1 N–H and O–H groups in total. The van der Waals surface area contributed by atoms with E-state index in [-0.39, 0.29) is 36.3 Å². The van der Waals surface area contributed by atoms with Crippen molar-refractivity contribution < 1.29 is 19.1 Å². The van der Waals surface area contributed by atoms with Crippen LogP contribution >= 0.6 is 0 Å². The number of likely N-dealkylation sites (N-methyl/N-ethyl adjacent to an activating group) is 1.